The number of amides is 1. The third-order valence-electron chi connectivity index (χ3n) is 3.53. The Morgan fingerprint density at radius 3 is 3.05 bits per heavy atom. The third-order valence-corrected chi connectivity index (χ3v) is 3.53. The highest BCUT2D eigenvalue weighted by molar-refractivity contribution is 5.77. The average molecular weight is 294 g/mol. The molecule has 2 heterocycles. The Hall–Kier alpha value is -1.73. The highest BCUT2D eigenvalue weighted by Crippen LogP contribution is 2.25. The maximum atomic E-state index is 11.8. The zero-order valence-corrected chi connectivity index (χ0v) is 12.8. The molecular weight excluding hydrogens is 272 g/mol. The minimum atomic E-state index is -0.647. The Morgan fingerprint density at radius 2 is 2.38 bits per heavy atom. The van der Waals surface area contributed by atoms with Crippen LogP contribution in [0.3, 0.4) is 0 Å². The van der Waals surface area contributed by atoms with Gasteiger partial charge in [0.15, 0.2) is 0 Å². The highest BCUT2D eigenvalue weighted by Gasteiger charge is 2.39. The van der Waals surface area contributed by atoms with Crippen molar-refractivity contribution in [1.82, 2.24) is 15.3 Å². The first kappa shape index (κ1) is 15.7. The predicted octanol–water partition coefficient (Wildman–Crippen LogP) is 0.143. The smallest absolute Gasteiger partial charge is 0.222 e. The second-order valence-electron chi connectivity index (χ2n) is 5.25. The van der Waals surface area contributed by atoms with E-state index in [0.29, 0.717) is 19.8 Å². The SMILES string of the molecule is CNC(=O)C[C@@]1(COC)CN(c2cc(C)ncn2)CCO1. The number of nitrogens with one attached hydrogen (secondary N) is 1. The fourth-order valence-electron chi connectivity index (χ4n) is 2.54. The normalized spacial score (nSPS) is 22.1. The van der Waals surface area contributed by atoms with Crippen LogP contribution in [-0.4, -0.2) is 61.9 Å². The number of nitrogens with zero attached hydrogens (tertiary/aromatic N) is 3. The van der Waals surface area contributed by atoms with Crippen LogP contribution in [0.5, 0.6) is 0 Å². The predicted molar refractivity (Wildman–Crippen MR) is 78.2 cm³/mol. The molecule has 0 radical (unpaired) electrons. The van der Waals surface area contributed by atoms with Crippen molar-refractivity contribution in [2.75, 3.05) is 45.4 Å². The summed E-state index contributed by atoms with van der Waals surface area (Å²) in [6, 6.07) is 1.93. The summed E-state index contributed by atoms with van der Waals surface area (Å²) in [7, 11) is 3.24. The monoisotopic (exact) mass is 294 g/mol. The van der Waals surface area contributed by atoms with Crippen LogP contribution < -0.4 is 10.2 Å². The molecule has 1 aliphatic heterocycles. The lowest BCUT2D eigenvalue weighted by Crippen LogP contribution is -2.56. The molecule has 1 saturated heterocycles. The van der Waals surface area contributed by atoms with Crippen molar-refractivity contribution >= 4 is 11.7 Å². The van der Waals surface area contributed by atoms with Crippen LogP contribution in [0, 0.1) is 6.92 Å². The number of aromatic nitrogens is 2. The first-order valence-corrected chi connectivity index (χ1v) is 6.96. The molecule has 1 N–H and O–H groups in total. The summed E-state index contributed by atoms with van der Waals surface area (Å²) in [5.41, 5.74) is 0.265. The van der Waals surface area contributed by atoms with Gasteiger partial charge in [-0.1, -0.05) is 0 Å². The number of ether oxygens (including phenoxy) is 2. The summed E-state index contributed by atoms with van der Waals surface area (Å²) in [5, 5.41) is 2.64. The molecule has 116 valence electrons. The molecule has 1 aromatic heterocycles. The average Bonchev–Trinajstić information content (AvgIpc) is 2.47. The molecule has 0 aromatic carbocycles. The van der Waals surface area contributed by atoms with E-state index in [4.69, 9.17) is 9.47 Å². The third kappa shape index (κ3) is 3.89. The van der Waals surface area contributed by atoms with Crippen LogP contribution >= 0.6 is 0 Å². The lowest BCUT2D eigenvalue weighted by atomic mass is 9.97. The summed E-state index contributed by atoms with van der Waals surface area (Å²) in [6.45, 7) is 4.11. The standard InChI is InChI=1S/C14H22N4O3/c1-11-6-12(17-10-16-11)18-4-5-21-14(8-18,9-20-3)7-13(19)15-2/h6,10H,4-5,7-9H2,1-3H3,(H,15,19)/t14-/m0/s1. The minimum Gasteiger partial charge on any atom is -0.382 e. The topological polar surface area (TPSA) is 76.6 Å². The van der Waals surface area contributed by atoms with E-state index in [0.717, 1.165) is 18.1 Å². The van der Waals surface area contributed by atoms with Gasteiger partial charge in [0, 0.05) is 32.5 Å². The summed E-state index contributed by atoms with van der Waals surface area (Å²) in [5.74, 6) is 0.788. The van der Waals surface area contributed by atoms with Gasteiger partial charge in [-0.15, -0.1) is 0 Å². The summed E-state index contributed by atoms with van der Waals surface area (Å²) >= 11 is 0. The van der Waals surface area contributed by atoms with E-state index in [2.05, 4.69) is 20.2 Å². The second-order valence-corrected chi connectivity index (χ2v) is 5.25. The number of methoxy groups -OCH3 is 1. The van der Waals surface area contributed by atoms with Crippen LogP contribution in [0.25, 0.3) is 0 Å². The van der Waals surface area contributed by atoms with E-state index < -0.39 is 5.60 Å². The van der Waals surface area contributed by atoms with E-state index in [1.807, 2.05) is 13.0 Å². The number of rotatable bonds is 5. The number of anilines is 1. The summed E-state index contributed by atoms with van der Waals surface area (Å²) in [4.78, 5) is 22.3. The fourth-order valence-corrected chi connectivity index (χ4v) is 2.54. The first-order valence-electron chi connectivity index (χ1n) is 6.96. The molecule has 1 atom stereocenters. The maximum absolute atomic E-state index is 11.8. The van der Waals surface area contributed by atoms with E-state index in [9.17, 15) is 4.79 Å². The number of hydrogen-bond acceptors (Lipinski definition) is 6. The molecular formula is C14H22N4O3. The molecule has 0 bridgehead atoms. The number of aryl methyl sites for hydroxylation is 1. The Morgan fingerprint density at radius 1 is 1.57 bits per heavy atom. The molecule has 7 nitrogen and oxygen atoms in total. The number of hydrogen-bond donors (Lipinski definition) is 1. The van der Waals surface area contributed by atoms with Gasteiger partial charge in [-0.05, 0) is 6.92 Å². The Bertz CT molecular complexity index is 493. The van der Waals surface area contributed by atoms with Crippen LogP contribution in [0.4, 0.5) is 5.82 Å². The zero-order valence-electron chi connectivity index (χ0n) is 12.8. The number of carbonyl (C=O) groups is 1. The van der Waals surface area contributed by atoms with Crippen molar-refractivity contribution in [2.45, 2.75) is 18.9 Å². The Labute approximate surface area is 124 Å². The van der Waals surface area contributed by atoms with Crippen molar-refractivity contribution in [1.29, 1.82) is 0 Å². The van der Waals surface area contributed by atoms with Crippen molar-refractivity contribution in [3.05, 3.63) is 18.1 Å². The lowest BCUT2D eigenvalue weighted by Gasteiger charge is -2.42. The van der Waals surface area contributed by atoms with Gasteiger partial charge in [-0.2, -0.15) is 0 Å². The molecule has 0 aliphatic carbocycles. The van der Waals surface area contributed by atoms with Crippen LogP contribution in [0.1, 0.15) is 12.1 Å². The van der Waals surface area contributed by atoms with Gasteiger partial charge < -0.3 is 19.7 Å². The molecule has 1 fully saturated rings. The van der Waals surface area contributed by atoms with E-state index in [1.165, 1.54) is 0 Å². The van der Waals surface area contributed by atoms with Crippen LogP contribution in [0.15, 0.2) is 12.4 Å². The van der Waals surface area contributed by atoms with Crippen molar-refractivity contribution in [2.24, 2.45) is 0 Å². The Kier molecular flexibility index (Phi) is 5.08. The molecule has 1 aromatic rings. The number of morpholine rings is 1. The van der Waals surface area contributed by atoms with E-state index >= 15 is 0 Å². The molecule has 0 saturated carbocycles. The van der Waals surface area contributed by atoms with Crippen LogP contribution in [-0.2, 0) is 14.3 Å². The molecule has 7 heteroatoms. The van der Waals surface area contributed by atoms with E-state index in [1.54, 1.807) is 20.5 Å². The quantitative estimate of drug-likeness (QED) is 0.832. The first-order chi connectivity index (χ1) is 10.1. The summed E-state index contributed by atoms with van der Waals surface area (Å²) < 4.78 is 11.2. The maximum Gasteiger partial charge on any atom is 0.222 e. The van der Waals surface area contributed by atoms with Gasteiger partial charge in [0.2, 0.25) is 5.91 Å². The van der Waals surface area contributed by atoms with Gasteiger partial charge in [0.05, 0.1) is 26.2 Å². The molecule has 1 aliphatic rings. The van der Waals surface area contributed by atoms with Crippen molar-refractivity contribution in [3.63, 3.8) is 0 Å². The molecule has 0 unspecified atom stereocenters. The van der Waals surface area contributed by atoms with Gasteiger partial charge >= 0.3 is 0 Å². The molecule has 2 rings (SSSR count). The van der Waals surface area contributed by atoms with Crippen molar-refractivity contribution < 1.29 is 14.3 Å². The zero-order chi connectivity index (χ0) is 15.3. The Balaban J connectivity index is 2.17. The lowest BCUT2D eigenvalue weighted by molar-refractivity contribution is -0.137. The van der Waals surface area contributed by atoms with Crippen molar-refractivity contribution in [3.8, 4) is 0 Å². The van der Waals surface area contributed by atoms with E-state index in [-0.39, 0.29) is 12.3 Å². The van der Waals surface area contributed by atoms with Crippen LogP contribution in [0.2, 0.25) is 0 Å². The van der Waals surface area contributed by atoms with Gasteiger partial charge in [-0.25, -0.2) is 9.97 Å². The minimum absolute atomic E-state index is 0.0623. The van der Waals surface area contributed by atoms with Gasteiger partial charge in [0.25, 0.3) is 0 Å². The van der Waals surface area contributed by atoms with Gasteiger partial charge in [-0.3, -0.25) is 4.79 Å². The molecule has 21 heavy (non-hydrogen) atoms. The second kappa shape index (κ2) is 6.82. The summed E-state index contributed by atoms with van der Waals surface area (Å²) in [6.07, 6.45) is 1.81. The molecule has 0 spiro atoms. The largest absolute Gasteiger partial charge is 0.382 e. The fraction of sp³-hybridized carbons (Fsp3) is 0.643. The van der Waals surface area contributed by atoms with Gasteiger partial charge in [0.1, 0.15) is 17.7 Å². The molecule has 1 amide bonds. The highest BCUT2D eigenvalue weighted by atomic mass is 16.5. The number of carbonyl (C=O) groups excluding carboxylic acids is 1.